The van der Waals surface area contributed by atoms with Crippen molar-refractivity contribution in [3.8, 4) is 0 Å². The zero-order chi connectivity index (χ0) is 30.5. The lowest BCUT2D eigenvalue weighted by Gasteiger charge is -2.38. The molecule has 226 valence electrons. The Morgan fingerprint density at radius 3 is 2.49 bits per heavy atom. The van der Waals surface area contributed by atoms with E-state index in [-0.39, 0.29) is 30.8 Å². The third-order valence-corrected chi connectivity index (χ3v) is 7.61. The number of hydrogen-bond acceptors (Lipinski definition) is 9. The number of esters is 2. The molecule has 43 heavy (non-hydrogen) atoms. The number of fused-ring (bicyclic) bond motifs is 1. The fraction of sp³-hybridized carbons (Fsp3) is 0.387. The number of piperidine rings is 1. The maximum atomic E-state index is 13.6. The molecule has 3 heterocycles. The lowest BCUT2D eigenvalue weighted by molar-refractivity contribution is -0.174. The van der Waals surface area contributed by atoms with Crippen molar-refractivity contribution >= 4 is 34.9 Å². The number of imidazole rings is 1. The van der Waals surface area contributed by atoms with Gasteiger partial charge in [0, 0.05) is 44.9 Å². The average molecular weight is 591 g/mol. The Labute approximate surface area is 248 Å². The normalized spacial score (nSPS) is 14.5. The van der Waals surface area contributed by atoms with Gasteiger partial charge in [-0.1, -0.05) is 31.2 Å². The van der Waals surface area contributed by atoms with Crippen molar-refractivity contribution in [3.05, 3.63) is 82.5 Å². The van der Waals surface area contributed by atoms with Crippen LogP contribution in [0.15, 0.2) is 65.6 Å². The van der Waals surface area contributed by atoms with Crippen molar-refractivity contribution in [1.82, 2.24) is 19.1 Å². The number of nitrogens with zero attached hydrogens (tertiary/aromatic N) is 6. The number of aromatic nitrogens is 4. The minimum absolute atomic E-state index is 0.0283. The van der Waals surface area contributed by atoms with Crippen LogP contribution in [-0.2, 0) is 25.6 Å². The van der Waals surface area contributed by atoms with Crippen molar-refractivity contribution in [2.45, 2.75) is 51.9 Å². The van der Waals surface area contributed by atoms with E-state index >= 15 is 0 Å². The number of benzene rings is 2. The molecule has 12 heteroatoms. The van der Waals surface area contributed by atoms with Crippen LogP contribution in [0, 0.1) is 5.82 Å². The number of halogens is 1. The lowest BCUT2D eigenvalue weighted by atomic mass is 10.0. The molecule has 0 bridgehead atoms. The van der Waals surface area contributed by atoms with Crippen LogP contribution in [0.3, 0.4) is 0 Å². The molecule has 0 aliphatic carbocycles. The molecule has 1 fully saturated rings. The molecule has 0 radical (unpaired) electrons. The molecule has 1 aliphatic rings. The first-order chi connectivity index (χ1) is 20.8. The molecule has 2 aromatic carbocycles. The maximum Gasteiger partial charge on any atom is 0.369 e. The first-order valence-electron chi connectivity index (χ1n) is 14.4. The maximum absolute atomic E-state index is 13.6. The Bertz CT molecular complexity index is 1640. The number of anilines is 2. The molecule has 1 aliphatic heterocycles. The summed E-state index contributed by atoms with van der Waals surface area (Å²) in [6, 6.07) is 15.6. The zero-order valence-corrected chi connectivity index (χ0v) is 24.5. The highest BCUT2D eigenvalue weighted by Gasteiger charge is 2.33. The highest BCUT2D eigenvalue weighted by Crippen LogP contribution is 2.29. The number of rotatable bonds is 10. The molecule has 1 saturated heterocycles. The zero-order valence-electron chi connectivity index (χ0n) is 24.5. The smallest absolute Gasteiger partial charge is 0.369 e. The average Bonchev–Trinajstić information content (AvgIpc) is 3.39. The topological polar surface area (TPSA) is 112 Å². The summed E-state index contributed by atoms with van der Waals surface area (Å²) in [5.74, 6) is -0.726. The van der Waals surface area contributed by atoms with Crippen LogP contribution in [0.2, 0.25) is 0 Å². The van der Waals surface area contributed by atoms with E-state index in [1.807, 2.05) is 36.2 Å². The molecular formula is C31H35FN6O5. The Kier molecular flexibility index (Phi) is 9.03. The van der Waals surface area contributed by atoms with E-state index in [0.29, 0.717) is 32.5 Å². The summed E-state index contributed by atoms with van der Waals surface area (Å²) in [7, 11) is 1.81. The summed E-state index contributed by atoms with van der Waals surface area (Å²) in [6.07, 6.45) is 1.24. The minimum atomic E-state index is -1.59. The van der Waals surface area contributed by atoms with Crippen molar-refractivity contribution in [2.24, 2.45) is 0 Å². The van der Waals surface area contributed by atoms with Crippen LogP contribution in [0.5, 0.6) is 0 Å². The summed E-state index contributed by atoms with van der Waals surface area (Å²) >= 11 is 0. The predicted octanol–water partition coefficient (Wildman–Crippen LogP) is 3.90. The highest BCUT2D eigenvalue weighted by atomic mass is 19.1. The summed E-state index contributed by atoms with van der Waals surface area (Å²) in [4.78, 5) is 51.5. The van der Waals surface area contributed by atoms with Crippen LogP contribution in [0.25, 0.3) is 11.0 Å². The van der Waals surface area contributed by atoms with E-state index in [0.717, 1.165) is 27.1 Å². The van der Waals surface area contributed by atoms with Crippen LogP contribution < -0.4 is 15.4 Å². The molecule has 0 spiro atoms. The van der Waals surface area contributed by atoms with Gasteiger partial charge in [-0.3, -0.25) is 9.59 Å². The predicted molar refractivity (Wildman–Crippen MR) is 159 cm³/mol. The third-order valence-electron chi connectivity index (χ3n) is 7.61. The van der Waals surface area contributed by atoms with E-state index in [1.165, 1.54) is 24.4 Å². The summed E-state index contributed by atoms with van der Waals surface area (Å²) in [6.45, 7) is 5.18. The summed E-state index contributed by atoms with van der Waals surface area (Å²) in [5.41, 5.74) is 2.30. The molecule has 2 aromatic heterocycles. The second-order valence-electron chi connectivity index (χ2n) is 10.3. The Balaban J connectivity index is 1.39. The lowest BCUT2D eigenvalue weighted by Crippen LogP contribution is -2.47. The molecule has 0 amide bonds. The van der Waals surface area contributed by atoms with Crippen LogP contribution >= 0.6 is 0 Å². The first-order valence-corrected chi connectivity index (χ1v) is 14.4. The van der Waals surface area contributed by atoms with E-state index in [9.17, 15) is 18.8 Å². The van der Waals surface area contributed by atoms with Gasteiger partial charge in [-0.2, -0.15) is 0 Å². The van der Waals surface area contributed by atoms with Gasteiger partial charge in [0.15, 0.2) is 0 Å². The van der Waals surface area contributed by atoms with Gasteiger partial charge in [0.1, 0.15) is 5.82 Å². The van der Waals surface area contributed by atoms with Gasteiger partial charge in [-0.25, -0.2) is 23.7 Å². The number of carbonyl (C=O) groups is 2. The van der Waals surface area contributed by atoms with Crippen molar-refractivity contribution in [1.29, 1.82) is 0 Å². The number of ether oxygens (including phenoxy) is 2. The van der Waals surface area contributed by atoms with Gasteiger partial charge in [-0.05, 0) is 49.6 Å². The Morgan fingerprint density at radius 1 is 1.07 bits per heavy atom. The van der Waals surface area contributed by atoms with Crippen molar-refractivity contribution in [3.63, 3.8) is 0 Å². The van der Waals surface area contributed by atoms with E-state index in [1.54, 1.807) is 26.0 Å². The van der Waals surface area contributed by atoms with Crippen molar-refractivity contribution < 1.29 is 23.5 Å². The SMILES string of the molecule is CCOC(=O)C(OC(=O)CC)n1c(N(C)C2CCN(c3nc4ccccc4n3Cc3ccc(F)cc3)CC2)nccc1=O. The summed E-state index contributed by atoms with van der Waals surface area (Å²) < 4.78 is 27.3. The molecule has 1 unspecified atom stereocenters. The summed E-state index contributed by atoms with van der Waals surface area (Å²) in [5, 5.41) is 0. The largest absolute Gasteiger partial charge is 0.462 e. The van der Waals surface area contributed by atoms with E-state index in [2.05, 4.69) is 14.5 Å². The monoisotopic (exact) mass is 590 g/mol. The van der Waals surface area contributed by atoms with E-state index in [4.69, 9.17) is 14.5 Å². The molecular weight excluding hydrogens is 555 g/mol. The number of carbonyl (C=O) groups excluding carboxylic acids is 2. The number of hydrogen-bond donors (Lipinski definition) is 0. The van der Waals surface area contributed by atoms with Gasteiger partial charge in [0.05, 0.1) is 24.2 Å². The highest BCUT2D eigenvalue weighted by molar-refractivity contribution is 5.79. The molecule has 0 saturated carbocycles. The molecule has 11 nitrogen and oxygen atoms in total. The third kappa shape index (κ3) is 6.37. The first kappa shape index (κ1) is 29.7. The molecule has 4 aromatic rings. The fourth-order valence-corrected chi connectivity index (χ4v) is 5.37. The quantitative estimate of drug-likeness (QED) is 0.254. The standard InChI is InChI=1S/C31H35FN6O5/c1-4-27(40)43-28(29(41)42-5-2)38-26(39)14-17-33-30(38)35(3)23-15-18-36(19-16-23)31-34-24-8-6-7-9-25(24)37(31)20-21-10-12-22(32)13-11-21/h6-14,17,23,28H,4-5,15-16,18-20H2,1-3H3. The molecule has 0 N–H and O–H groups in total. The minimum Gasteiger partial charge on any atom is -0.462 e. The van der Waals surface area contributed by atoms with Gasteiger partial charge < -0.3 is 23.8 Å². The second kappa shape index (κ2) is 13.1. The van der Waals surface area contributed by atoms with Crippen LogP contribution in [-0.4, -0.2) is 63.8 Å². The Hall–Kier alpha value is -4.74. The van der Waals surface area contributed by atoms with Gasteiger partial charge in [-0.15, -0.1) is 0 Å². The fourth-order valence-electron chi connectivity index (χ4n) is 5.37. The Morgan fingerprint density at radius 2 is 1.79 bits per heavy atom. The number of para-hydroxylation sites is 2. The second-order valence-corrected chi connectivity index (χ2v) is 10.3. The van der Waals surface area contributed by atoms with Gasteiger partial charge in [0.2, 0.25) is 11.9 Å². The van der Waals surface area contributed by atoms with Crippen LogP contribution in [0.1, 0.15) is 44.9 Å². The van der Waals surface area contributed by atoms with Gasteiger partial charge in [0.25, 0.3) is 11.8 Å². The van der Waals surface area contributed by atoms with Crippen LogP contribution in [0.4, 0.5) is 16.3 Å². The molecule has 5 rings (SSSR count). The molecule has 1 atom stereocenters. The van der Waals surface area contributed by atoms with Gasteiger partial charge >= 0.3 is 11.9 Å². The van der Waals surface area contributed by atoms with Crippen molar-refractivity contribution in [2.75, 3.05) is 36.5 Å². The van der Waals surface area contributed by atoms with E-state index < -0.39 is 23.7 Å².